The summed E-state index contributed by atoms with van der Waals surface area (Å²) < 4.78 is 5.34. The van der Waals surface area contributed by atoms with Crippen LogP contribution in [0.3, 0.4) is 0 Å². The number of benzene rings is 1. The fourth-order valence-electron chi connectivity index (χ4n) is 1.53. The van der Waals surface area contributed by atoms with Gasteiger partial charge in [-0.05, 0) is 38.0 Å². The Hall–Kier alpha value is -1.55. The lowest BCUT2D eigenvalue weighted by Crippen LogP contribution is -2.30. The second-order valence-electron chi connectivity index (χ2n) is 4.23. The van der Waals surface area contributed by atoms with Crippen molar-refractivity contribution in [3.05, 3.63) is 29.8 Å². The number of carbonyl (C=O) groups excluding carboxylic acids is 1. The Kier molecular flexibility index (Phi) is 6.22. The molecule has 100 valence electrons. The van der Waals surface area contributed by atoms with Gasteiger partial charge in [0.25, 0.3) is 0 Å². The Balaban J connectivity index is 2.32. The van der Waals surface area contributed by atoms with E-state index in [9.17, 15) is 4.79 Å². The smallest absolute Gasteiger partial charge is 0.220 e. The summed E-state index contributed by atoms with van der Waals surface area (Å²) in [6, 6.07) is 7.75. The highest BCUT2D eigenvalue weighted by atomic mass is 16.5. The van der Waals surface area contributed by atoms with E-state index in [1.807, 2.05) is 31.2 Å². The van der Waals surface area contributed by atoms with Crippen LogP contribution in [-0.2, 0) is 11.2 Å². The molecule has 4 nitrogen and oxygen atoms in total. The van der Waals surface area contributed by atoms with E-state index in [0.717, 1.165) is 11.3 Å². The summed E-state index contributed by atoms with van der Waals surface area (Å²) in [5, 5.41) is 11.7. The fourth-order valence-corrected chi connectivity index (χ4v) is 1.53. The van der Waals surface area contributed by atoms with Gasteiger partial charge in [0, 0.05) is 13.0 Å². The molecule has 0 heterocycles. The van der Waals surface area contributed by atoms with Crippen molar-refractivity contribution in [3.63, 3.8) is 0 Å². The molecule has 0 saturated heterocycles. The van der Waals surface area contributed by atoms with Gasteiger partial charge >= 0.3 is 0 Å². The molecule has 0 bridgehead atoms. The van der Waals surface area contributed by atoms with Gasteiger partial charge in [0.1, 0.15) is 5.75 Å². The second-order valence-corrected chi connectivity index (χ2v) is 4.23. The minimum absolute atomic E-state index is 0.0372. The van der Waals surface area contributed by atoms with Crippen LogP contribution in [0.15, 0.2) is 24.3 Å². The van der Waals surface area contributed by atoms with Crippen molar-refractivity contribution in [3.8, 4) is 5.75 Å². The number of hydrogen-bond acceptors (Lipinski definition) is 3. The van der Waals surface area contributed by atoms with Gasteiger partial charge in [-0.15, -0.1) is 0 Å². The molecule has 0 radical (unpaired) electrons. The zero-order valence-corrected chi connectivity index (χ0v) is 11.0. The first-order valence-electron chi connectivity index (χ1n) is 6.28. The zero-order chi connectivity index (χ0) is 13.4. The molecular weight excluding hydrogens is 230 g/mol. The van der Waals surface area contributed by atoms with Crippen molar-refractivity contribution in [1.82, 2.24) is 5.32 Å². The largest absolute Gasteiger partial charge is 0.494 e. The number of amides is 1. The molecule has 1 aromatic carbocycles. The molecule has 0 spiro atoms. The predicted molar refractivity (Wildman–Crippen MR) is 70.6 cm³/mol. The maximum absolute atomic E-state index is 11.4. The van der Waals surface area contributed by atoms with Gasteiger partial charge in [-0.3, -0.25) is 4.79 Å². The lowest BCUT2D eigenvalue weighted by molar-refractivity contribution is -0.121. The number of aliphatic hydroxyl groups excluding tert-OH is 1. The molecule has 0 saturated carbocycles. The Morgan fingerprint density at radius 1 is 1.39 bits per heavy atom. The summed E-state index contributed by atoms with van der Waals surface area (Å²) in [5.41, 5.74) is 1.10. The normalized spacial score (nSPS) is 11.9. The summed E-state index contributed by atoms with van der Waals surface area (Å²) in [6.07, 6.45) is 0.623. The third-order valence-corrected chi connectivity index (χ3v) is 2.47. The Morgan fingerprint density at radius 2 is 2.06 bits per heavy atom. The van der Waals surface area contributed by atoms with Crippen LogP contribution >= 0.6 is 0 Å². The molecule has 2 N–H and O–H groups in total. The van der Waals surface area contributed by atoms with E-state index in [-0.39, 0.29) is 5.91 Å². The quantitative estimate of drug-likeness (QED) is 0.772. The SMILES string of the molecule is CCOc1ccc(CCC(=O)NCC(C)O)cc1. The molecule has 18 heavy (non-hydrogen) atoms. The van der Waals surface area contributed by atoms with Crippen molar-refractivity contribution < 1.29 is 14.6 Å². The molecule has 0 aromatic heterocycles. The Morgan fingerprint density at radius 3 is 2.61 bits per heavy atom. The molecule has 0 fully saturated rings. The summed E-state index contributed by atoms with van der Waals surface area (Å²) >= 11 is 0. The molecular formula is C14H21NO3. The van der Waals surface area contributed by atoms with Gasteiger partial charge in [0.2, 0.25) is 5.91 Å². The van der Waals surface area contributed by atoms with E-state index >= 15 is 0 Å². The van der Waals surface area contributed by atoms with Crippen LogP contribution in [0, 0.1) is 0 Å². The molecule has 1 aromatic rings. The van der Waals surface area contributed by atoms with Crippen molar-refractivity contribution in [2.24, 2.45) is 0 Å². The number of hydrogen-bond donors (Lipinski definition) is 2. The van der Waals surface area contributed by atoms with E-state index in [0.29, 0.717) is 26.0 Å². The van der Waals surface area contributed by atoms with E-state index in [1.165, 1.54) is 0 Å². The molecule has 0 aliphatic heterocycles. The lowest BCUT2D eigenvalue weighted by atomic mass is 10.1. The first-order valence-corrected chi connectivity index (χ1v) is 6.28. The van der Waals surface area contributed by atoms with Crippen molar-refractivity contribution in [2.75, 3.05) is 13.2 Å². The molecule has 1 rings (SSSR count). The van der Waals surface area contributed by atoms with Gasteiger partial charge in [0.15, 0.2) is 0 Å². The standard InChI is InChI=1S/C14H21NO3/c1-3-18-13-7-4-12(5-8-13)6-9-14(17)15-10-11(2)16/h4-5,7-8,11,16H,3,6,9-10H2,1-2H3,(H,15,17). The van der Waals surface area contributed by atoms with E-state index < -0.39 is 6.10 Å². The van der Waals surface area contributed by atoms with E-state index in [2.05, 4.69) is 5.32 Å². The van der Waals surface area contributed by atoms with E-state index in [4.69, 9.17) is 9.84 Å². The van der Waals surface area contributed by atoms with Crippen molar-refractivity contribution in [2.45, 2.75) is 32.8 Å². The summed E-state index contributed by atoms with van der Waals surface area (Å²) in [5.74, 6) is 0.810. The molecule has 0 aliphatic carbocycles. The van der Waals surface area contributed by atoms with Gasteiger partial charge in [-0.25, -0.2) is 0 Å². The maximum atomic E-state index is 11.4. The number of ether oxygens (including phenoxy) is 1. The summed E-state index contributed by atoms with van der Waals surface area (Å²) in [4.78, 5) is 11.4. The van der Waals surface area contributed by atoms with Crippen LogP contribution in [0.2, 0.25) is 0 Å². The average molecular weight is 251 g/mol. The first-order chi connectivity index (χ1) is 8.61. The topological polar surface area (TPSA) is 58.6 Å². The predicted octanol–water partition coefficient (Wildman–Crippen LogP) is 1.51. The van der Waals surface area contributed by atoms with Crippen molar-refractivity contribution in [1.29, 1.82) is 0 Å². The highest BCUT2D eigenvalue weighted by Crippen LogP contribution is 2.13. The highest BCUT2D eigenvalue weighted by Gasteiger charge is 2.03. The Bertz CT molecular complexity index is 360. The maximum Gasteiger partial charge on any atom is 0.220 e. The third kappa shape index (κ3) is 5.68. The minimum atomic E-state index is -0.501. The van der Waals surface area contributed by atoms with Gasteiger partial charge < -0.3 is 15.2 Å². The summed E-state index contributed by atoms with van der Waals surface area (Å²) in [6.45, 7) is 4.55. The lowest BCUT2D eigenvalue weighted by Gasteiger charge is -2.07. The monoisotopic (exact) mass is 251 g/mol. The number of aliphatic hydroxyl groups is 1. The molecule has 1 unspecified atom stereocenters. The van der Waals surface area contributed by atoms with E-state index in [1.54, 1.807) is 6.92 Å². The molecule has 0 aliphatic rings. The van der Waals surface area contributed by atoms with Crippen molar-refractivity contribution >= 4 is 5.91 Å². The Labute approximate surface area is 108 Å². The van der Waals surface area contributed by atoms with Gasteiger partial charge in [-0.1, -0.05) is 12.1 Å². The number of carbonyl (C=O) groups is 1. The highest BCUT2D eigenvalue weighted by molar-refractivity contribution is 5.76. The van der Waals surface area contributed by atoms with Crippen LogP contribution in [-0.4, -0.2) is 30.3 Å². The molecule has 4 heteroatoms. The van der Waals surface area contributed by atoms with Crippen LogP contribution in [0.4, 0.5) is 0 Å². The minimum Gasteiger partial charge on any atom is -0.494 e. The number of aryl methyl sites for hydroxylation is 1. The van der Waals surface area contributed by atoms with Crippen LogP contribution in [0.5, 0.6) is 5.75 Å². The number of rotatable bonds is 7. The average Bonchev–Trinajstić information content (AvgIpc) is 2.36. The molecule has 1 amide bonds. The fraction of sp³-hybridized carbons (Fsp3) is 0.500. The molecule has 1 atom stereocenters. The van der Waals surface area contributed by atoms with Gasteiger partial charge in [0.05, 0.1) is 12.7 Å². The van der Waals surface area contributed by atoms with Gasteiger partial charge in [-0.2, -0.15) is 0 Å². The summed E-state index contributed by atoms with van der Waals surface area (Å²) in [7, 11) is 0. The number of nitrogens with one attached hydrogen (secondary N) is 1. The third-order valence-electron chi connectivity index (χ3n) is 2.47. The van der Waals surface area contributed by atoms with Crippen LogP contribution in [0.25, 0.3) is 0 Å². The van der Waals surface area contributed by atoms with Crippen LogP contribution < -0.4 is 10.1 Å². The first kappa shape index (κ1) is 14.5. The zero-order valence-electron chi connectivity index (χ0n) is 11.0. The van der Waals surface area contributed by atoms with Crippen LogP contribution in [0.1, 0.15) is 25.8 Å². The second kappa shape index (κ2) is 7.71.